The second-order valence-corrected chi connectivity index (χ2v) is 3.26. The molecule has 0 heterocycles. The molecule has 1 aromatic rings. The van der Waals surface area contributed by atoms with Crippen molar-refractivity contribution < 1.29 is 9.90 Å². The first-order valence-corrected chi connectivity index (χ1v) is 4.71. The van der Waals surface area contributed by atoms with Crippen LogP contribution in [-0.2, 0) is 11.2 Å². The Balaban J connectivity index is 0.00000196. The zero-order valence-electron chi connectivity index (χ0n) is 9.16. The highest BCUT2D eigenvalue weighted by atomic mass is 16.4. The minimum Gasteiger partial charge on any atom is -0.480 e. The molecule has 0 fully saturated rings. The zero-order valence-corrected chi connectivity index (χ0v) is 9.16. The van der Waals surface area contributed by atoms with Gasteiger partial charge < -0.3 is 16.6 Å². The van der Waals surface area contributed by atoms with E-state index in [9.17, 15) is 4.79 Å². The molecule has 4 nitrogen and oxygen atoms in total. The van der Waals surface area contributed by atoms with Crippen LogP contribution in [-0.4, -0.2) is 17.1 Å². The molecule has 0 saturated carbocycles. The van der Waals surface area contributed by atoms with E-state index in [1.807, 2.05) is 24.3 Å². The van der Waals surface area contributed by atoms with Gasteiger partial charge in [0.15, 0.2) is 0 Å². The van der Waals surface area contributed by atoms with Crippen molar-refractivity contribution in [2.45, 2.75) is 26.3 Å². The number of carboxylic acids is 1. The number of hydrogen-bond donors (Lipinski definition) is 3. The lowest BCUT2D eigenvalue weighted by Crippen LogP contribution is -2.25. The maximum absolute atomic E-state index is 10.6. The normalized spacial score (nSPS) is 11.3. The molecule has 1 aromatic carbocycles. The Bertz CT molecular complexity index is 326. The lowest BCUT2D eigenvalue weighted by molar-refractivity contribution is -0.137. The summed E-state index contributed by atoms with van der Waals surface area (Å²) < 4.78 is 0. The van der Waals surface area contributed by atoms with Crippen LogP contribution in [0.15, 0.2) is 24.3 Å². The van der Waals surface area contributed by atoms with Crippen LogP contribution in [0.25, 0.3) is 0 Å². The van der Waals surface area contributed by atoms with E-state index in [1.54, 1.807) is 6.92 Å². The Morgan fingerprint density at radius 3 is 2.73 bits per heavy atom. The summed E-state index contributed by atoms with van der Waals surface area (Å²) in [5.41, 5.74) is 2.06. The molecule has 0 aliphatic rings. The fourth-order valence-electron chi connectivity index (χ4n) is 1.19. The van der Waals surface area contributed by atoms with Gasteiger partial charge >= 0.3 is 5.97 Å². The van der Waals surface area contributed by atoms with Gasteiger partial charge in [0, 0.05) is 5.69 Å². The molecule has 84 valence electrons. The van der Waals surface area contributed by atoms with E-state index in [0.717, 1.165) is 12.1 Å². The van der Waals surface area contributed by atoms with Gasteiger partial charge in [-0.2, -0.15) is 0 Å². The largest absolute Gasteiger partial charge is 0.480 e. The standard InChI is InChI=1S/C11H15NO2.H3N/c1-3-9-5-4-6-10(7-9)12-8(2)11(13)14;/h4-8,12H,3H2,1-2H3,(H,13,14);1H3. The van der Waals surface area contributed by atoms with Gasteiger partial charge in [-0.3, -0.25) is 4.79 Å². The maximum Gasteiger partial charge on any atom is 0.325 e. The Morgan fingerprint density at radius 1 is 1.53 bits per heavy atom. The van der Waals surface area contributed by atoms with E-state index in [0.29, 0.717) is 0 Å². The Morgan fingerprint density at radius 2 is 2.20 bits per heavy atom. The molecular weight excluding hydrogens is 192 g/mol. The molecule has 0 bridgehead atoms. The van der Waals surface area contributed by atoms with Crippen LogP contribution in [0.3, 0.4) is 0 Å². The summed E-state index contributed by atoms with van der Waals surface area (Å²) in [6.07, 6.45) is 0.955. The third kappa shape index (κ3) is 3.99. The molecule has 1 atom stereocenters. The van der Waals surface area contributed by atoms with Crippen LogP contribution in [0.2, 0.25) is 0 Å². The maximum atomic E-state index is 10.6. The molecule has 0 aliphatic carbocycles. The molecular formula is C11H18N2O2. The third-order valence-corrected chi connectivity index (χ3v) is 2.09. The van der Waals surface area contributed by atoms with E-state index < -0.39 is 12.0 Å². The first kappa shape index (κ1) is 13.4. The molecule has 4 heteroatoms. The average molecular weight is 210 g/mol. The van der Waals surface area contributed by atoms with E-state index >= 15 is 0 Å². The summed E-state index contributed by atoms with van der Waals surface area (Å²) in [4.78, 5) is 10.6. The van der Waals surface area contributed by atoms with Crippen LogP contribution in [0, 0.1) is 0 Å². The Kier molecular flexibility index (Phi) is 5.41. The summed E-state index contributed by atoms with van der Waals surface area (Å²) in [7, 11) is 0. The average Bonchev–Trinajstić information content (AvgIpc) is 2.18. The molecule has 5 N–H and O–H groups in total. The summed E-state index contributed by atoms with van der Waals surface area (Å²) >= 11 is 0. The molecule has 0 spiro atoms. The van der Waals surface area contributed by atoms with E-state index in [-0.39, 0.29) is 6.15 Å². The van der Waals surface area contributed by atoms with Crippen molar-refractivity contribution in [2.75, 3.05) is 5.32 Å². The first-order valence-electron chi connectivity index (χ1n) is 4.71. The zero-order chi connectivity index (χ0) is 10.6. The lowest BCUT2D eigenvalue weighted by atomic mass is 10.1. The molecule has 0 aliphatic heterocycles. The van der Waals surface area contributed by atoms with Crippen molar-refractivity contribution in [3.05, 3.63) is 29.8 Å². The molecule has 0 radical (unpaired) electrons. The van der Waals surface area contributed by atoms with Crippen molar-refractivity contribution >= 4 is 11.7 Å². The minimum absolute atomic E-state index is 0. The number of benzene rings is 1. The molecule has 1 rings (SSSR count). The van der Waals surface area contributed by atoms with E-state index in [1.165, 1.54) is 5.56 Å². The van der Waals surface area contributed by atoms with Crippen LogP contribution in [0.1, 0.15) is 19.4 Å². The quantitative estimate of drug-likeness (QED) is 0.711. The van der Waals surface area contributed by atoms with Crippen molar-refractivity contribution in [1.29, 1.82) is 0 Å². The van der Waals surface area contributed by atoms with Gasteiger partial charge in [-0.1, -0.05) is 19.1 Å². The predicted molar refractivity (Wildman–Crippen MR) is 61.6 cm³/mol. The van der Waals surface area contributed by atoms with Crippen molar-refractivity contribution in [3.8, 4) is 0 Å². The second-order valence-electron chi connectivity index (χ2n) is 3.26. The number of aryl methyl sites for hydroxylation is 1. The van der Waals surface area contributed by atoms with Gasteiger partial charge in [0.25, 0.3) is 0 Å². The van der Waals surface area contributed by atoms with Crippen LogP contribution in [0.5, 0.6) is 0 Å². The first-order chi connectivity index (χ1) is 6.63. The van der Waals surface area contributed by atoms with E-state index in [4.69, 9.17) is 5.11 Å². The number of rotatable bonds is 4. The van der Waals surface area contributed by atoms with Crippen LogP contribution in [0.4, 0.5) is 5.69 Å². The number of aliphatic carboxylic acids is 1. The van der Waals surface area contributed by atoms with E-state index in [2.05, 4.69) is 12.2 Å². The number of nitrogens with one attached hydrogen (secondary N) is 1. The topological polar surface area (TPSA) is 84.3 Å². The fraction of sp³-hybridized carbons (Fsp3) is 0.364. The monoisotopic (exact) mass is 210 g/mol. The minimum atomic E-state index is -0.841. The predicted octanol–water partition coefficient (Wildman–Crippen LogP) is 2.30. The molecule has 15 heavy (non-hydrogen) atoms. The third-order valence-electron chi connectivity index (χ3n) is 2.09. The fourth-order valence-corrected chi connectivity index (χ4v) is 1.19. The van der Waals surface area contributed by atoms with Gasteiger partial charge in [0.1, 0.15) is 6.04 Å². The van der Waals surface area contributed by atoms with Crippen molar-refractivity contribution in [2.24, 2.45) is 0 Å². The summed E-state index contributed by atoms with van der Waals surface area (Å²) in [5.74, 6) is -0.841. The molecule has 0 aromatic heterocycles. The van der Waals surface area contributed by atoms with Gasteiger partial charge in [-0.25, -0.2) is 0 Å². The number of anilines is 1. The second kappa shape index (κ2) is 6.03. The molecule has 1 unspecified atom stereocenters. The summed E-state index contributed by atoms with van der Waals surface area (Å²) in [6.45, 7) is 3.70. The van der Waals surface area contributed by atoms with Gasteiger partial charge in [-0.05, 0) is 31.0 Å². The number of carboxylic acid groups (broad SMARTS) is 1. The van der Waals surface area contributed by atoms with Crippen LogP contribution >= 0.6 is 0 Å². The molecule has 0 amide bonds. The van der Waals surface area contributed by atoms with Crippen LogP contribution < -0.4 is 11.5 Å². The van der Waals surface area contributed by atoms with Gasteiger partial charge in [-0.15, -0.1) is 0 Å². The molecule has 0 saturated heterocycles. The van der Waals surface area contributed by atoms with Crippen molar-refractivity contribution in [1.82, 2.24) is 6.15 Å². The van der Waals surface area contributed by atoms with Gasteiger partial charge in [0.05, 0.1) is 0 Å². The SMILES string of the molecule is CCc1cccc(NC(C)C(=O)O)c1.N. The Labute approximate surface area is 89.9 Å². The van der Waals surface area contributed by atoms with Gasteiger partial charge in [0.2, 0.25) is 0 Å². The van der Waals surface area contributed by atoms with Crippen molar-refractivity contribution in [3.63, 3.8) is 0 Å². The lowest BCUT2D eigenvalue weighted by Gasteiger charge is -2.11. The number of carbonyl (C=O) groups is 1. The highest BCUT2D eigenvalue weighted by Gasteiger charge is 2.09. The highest BCUT2D eigenvalue weighted by Crippen LogP contribution is 2.12. The summed E-state index contributed by atoms with van der Waals surface area (Å²) in [6, 6.07) is 7.24. The smallest absolute Gasteiger partial charge is 0.325 e. The number of hydrogen-bond acceptors (Lipinski definition) is 3. The Hall–Kier alpha value is -1.55. The highest BCUT2D eigenvalue weighted by molar-refractivity contribution is 5.76. The summed E-state index contributed by atoms with van der Waals surface area (Å²) in [5, 5.41) is 11.6.